The molecule has 0 aliphatic heterocycles. The van der Waals surface area contributed by atoms with E-state index in [2.05, 4.69) is 20.4 Å². The molecule has 0 aliphatic carbocycles. The zero-order valence-corrected chi connectivity index (χ0v) is 16.2. The lowest BCUT2D eigenvalue weighted by molar-refractivity contribution is -0.116. The van der Waals surface area contributed by atoms with Crippen LogP contribution >= 0.6 is 12.4 Å². The van der Waals surface area contributed by atoms with Crippen LogP contribution in [0.1, 0.15) is 34.8 Å². The number of fused-ring (bicyclic) bond motifs is 1. The number of hydrogen-bond acceptors (Lipinski definition) is 5. The fourth-order valence-corrected chi connectivity index (χ4v) is 2.92. The molecule has 3 N–H and O–H groups in total. The van der Waals surface area contributed by atoms with Gasteiger partial charge in [0, 0.05) is 23.5 Å². The van der Waals surface area contributed by atoms with Gasteiger partial charge in [0.2, 0.25) is 5.91 Å². The summed E-state index contributed by atoms with van der Waals surface area (Å²) >= 11 is 0. The van der Waals surface area contributed by atoms with Crippen LogP contribution in [0, 0.1) is 26.6 Å². The Morgan fingerprint density at radius 2 is 2.00 bits per heavy atom. The van der Waals surface area contributed by atoms with E-state index in [1.807, 2.05) is 13.8 Å². The van der Waals surface area contributed by atoms with E-state index in [0.717, 1.165) is 17.0 Å². The Balaban J connectivity index is 0.00000261. The van der Waals surface area contributed by atoms with Crippen molar-refractivity contribution in [3.63, 3.8) is 0 Å². The molecule has 0 atom stereocenters. The van der Waals surface area contributed by atoms with Gasteiger partial charge in [-0.05, 0) is 56.5 Å². The predicted octanol–water partition coefficient (Wildman–Crippen LogP) is 2.64. The molecule has 7 nitrogen and oxygen atoms in total. The predicted molar refractivity (Wildman–Crippen MR) is 103 cm³/mol. The monoisotopic (exact) mass is 392 g/mol. The minimum Gasteiger partial charge on any atom is -0.326 e. The first kappa shape index (κ1) is 20.7. The molecule has 2 heterocycles. The van der Waals surface area contributed by atoms with E-state index in [1.165, 1.54) is 12.1 Å². The fourth-order valence-electron chi connectivity index (χ4n) is 2.92. The molecular weight excluding hydrogens is 371 g/mol. The van der Waals surface area contributed by atoms with Gasteiger partial charge in [-0.1, -0.05) is 0 Å². The van der Waals surface area contributed by atoms with E-state index in [9.17, 15) is 9.18 Å². The molecule has 1 aromatic carbocycles. The van der Waals surface area contributed by atoms with Crippen molar-refractivity contribution in [3.05, 3.63) is 52.4 Å². The van der Waals surface area contributed by atoms with Gasteiger partial charge in [-0.3, -0.25) is 4.79 Å². The molecule has 0 saturated heterocycles. The Morgan fingerprint density at radius 1 is 1.26 bits per heavy atom. The summed E-state index contributed by atoms with van der Waals surface area (Å²) in [6.45, 7) is 5.82. The van der Waals surface area contributed by atoms with E-state index in [-0.39, 0.29) is 37.1 Å². The smallest absolute Gasteiger partial charge is 0.252 e. The molecule has 0 fully saturated rings. The fraction of sp³-hybridized carbons (Fsp3) is 0.333. The van der Waals surface area contributed by atoms with Gasteiger partial charge in [0.05, 0.1) is 6.54 Å². The molecular formula is C18H22ClFN6O. The highest BCUT2D eigenvalue weighted by Crippen LogP contribution is 2.18. The first-order valence-electron chi connectivity index (χ1n) is 8.37. The number of nitrogens with one attached hydrogen (secondary N) is 1. The topological polar surface area (TPSA) is 98.2 Å². The minimum atomic E-state index is -0.323. The number of carbonyl (C=O) groups is 1. The maximum Gasteiger partial charge on any atom is 0.252 e. The van der Waals surface area contributed by atoms with Gasteiger partial charge in [0.15, 0.2) is 5.82 Å². The number of halogens is 2. The van der Waals surface area contributed by atoms with Crippen molar-refractivity contribution in [2.45, 2.75) is 40.2 Å². The van der Waals surface area contributed by atoms with Crippen LogP contribution in [0.4, 0.5) is 10.1 Å². The van der Waals surface area contributed by atoms with Crippen LogP contribution in [0.25, 0.3) is 5.78 Å². The van der Waals surface area contributed by atoms with Crippen LogP contribution in [0.15, 0.2) is 18.2 Å². The van der Waals surface area contributed by atoms with E-state index in [4.69, 9.17) is 5.73 Å². The van der Waals surface area contributed by atoms with E-state index in [0.29, 0.717) is 29.3 Å². The lowest BCUT2D eigenvalue weighted by Gasteiger charge is -2.11. The Morgan fingerprint density at radius 3 is 2.67 bits per heavy atom. The van der Waals surface area contributed by atoms with Gasteiger partial charge in [-0.25, -0.2) is 13.9 Å². The molecule has 0 radical (unpaired) electrons. The third-order valence-electron chi connectivity index (χ3n) is 4.34. The standard InChI is InChI=1S/C18H21FN6O.ClH/c1-10-8-13(19)4-6-15(10)22-17(26)7-5-14-11(2)21-18-23-16(9-20)24-25(18)12(14)3;/h4,6,8H,5,7,9,20H2,1-3H3,(H,22,26);1H. The number of nitrogens with zero attached hydrogens (tertiary/aromatic N) is 4. The molecule has 3 aromatic rings. The lowest BCUT2D eigenvalue weighted by Crippen LogP contribution is -2.15. The zero-order chi connectivity index (χ0) is 18.8. The van der Waals surface area contributed by atoms with Crippen molar-refractivity contribution in [3.8, 4) is 0 Å². The van der Waals surface area contributed by atoms with Crippen molar-refractivity contribution < 1.29 is 9.18 Å². The van der Waals surface area contributed by atoms with Gasteiger partial charge in [-0.15, -0.1) is 17.5 Å². The van der Waals surface area contributed by atoms with Crippen molar-refractivity contribution >= 4 is 29.8 Å². The lowest BCUT2D eigenvalue weighted by atomic mass is 10.1. The van der Waals surface area contributed by atoms with Gasteiger partial charge in [0.1, 0.15) is 5.82 Å². The number of benzene rings is 1. The molecule has 1 amide bonds. The summed E-state index contributed by atoms with van der Waals surface area (Å²) in [5.41, 5.74) is 9.56. The summed E-state index contributed by atoms with van der Waals surface area (Å²) in [4.78, 5) is 21.0. The highest BCUT2D eigenvalue weighted by atomic mass is 35.5. The van der Waals surface area contributed by atoms with Gasteiger partial charge >= 0.3 is 0 Å². The zero-order valence-electron chi connectivity index (χ0n) is 15.4. The van der Waals surface area contributed by atoms with Crippen LogP contribution in [-0.4, -0.2) is 25.5 Å². The van der Waals surface area contributed by atoms with Crippen LogP contribution < -0.4 is 11.1 Å². The maximum atomic E-state index is 13.2. The second-order valence-electron chi connectivity index (χ2n) is 6.21. The number of rotatable bonds is 5. The summed E-state index contributed by atoms with van der Waals surface area (Å²) in [6, 6.07) is 4.28. The maximum absolute atomic E-state index is 13.2. The molecule has 27 heavy (non-hydrogen) atoms. The number of anilines is 1. The molecule has 0 bridgehead atoms. The van der Waals surface area contributed by atoms with Crippen LogP contribution in [-0.2, 0) is 17.8 Å². The van der Waals surface area contributed by atoms with Crippen molar-refractivity contribution in [1.82, 2.24) is 19.6 Å². The number of amides is 1. The summed E-state index contributed by atoms with van der Waals surface area (Å²) in [5, 5.41) is 7.15. The molecule has 0 saturated carbocycles. The second-order valence-corrected chi connectivity index (χ2v) is 6.21. The molecule has 144 valence electrons. The minimum absolute atomic E-state index is 0. The number of aryl methyl sites for hydroxylation is 3. The summed E-state index contributed by atoms with van der Waals surface area (Å²) in [6.07, 6.45) is 0.800. The second kappa shape index (κ2) is 8.41. The van der Waals surface area contributed by atoms with Crippen molar-refractivity contribution in [1.29, 1.82) is 0 Å². The van der Waals surface area contributed by atoms with Crippen LogP contribution in [0.2, 0.25) is 0 Å². The molecule has 0 spiro atoms. The quantitative estimate of drug-likeness (QED) is 0.695. The van der Waals surface area contributed by atoms with E-state index in [1.54, 1.807) is 17.5 Å². The van der Waals surface area contributed by atoms with Gasteiger partial charge < -0.3 is 11.1 Å². The van der Waals surface area contributed by atoms with Crippen molar-refractivity contribution in [2.75, 3.05) is 5.32 Å². The highest BCUT2D eigenvalue weighted by molar-refractivity contribution is 5.91. The summed E-state index contributed by atoms with van der Waals surface area (Å²) < 4.78 is 14.8. The molecule has 2 aromatic heterocycles. The highest BCUT2D eigenvalue weighted by Gasteiger charge is 2.14. The van der Waals surface area contributed by atoms with E-state index >= 15 is 0 Å². The van der Waals surface area contributed by atoms with E-state index < -0.39 is 0 Å². The Kier molecular flexibility index (Phi) is 6.45. The molecule has 0 unspecified atom stereocenters. The Hall–Kier alpha value is -2.58. The number of aromatic nitrogens is 4. The number of nitrogens with two attached hydrogens (primary N) is 1. The molecule has 3 rings (SSSR count). The number of carbonyl (C=O) groups excluding carboxylic acids is 1. The van der Waals surface area contributed by atoms with Crippen LogP contribution in [0.3, 0.4) is 0 Å². The Bertz CT molecular complexity index is 988. The summed E-state index contributed by atoms with van der Waals surface area (Å²) in [7, 11) is 0. The third-order valence-corrected chi connectivity index (χ3v) is 4.34. The largest absolute Gasteiger partial charge is 0.326 e. The normalized spacial score (nSPS) is 10.7. The first-order chi connectivity index (χ1) is 12.4. The van der Waals surface area contributed by atoms with Crippen LogP contribution in [0.5, 0.6) is 0 Å². The first-order valence-corrected chi connectivity index (χ1v) is 8.37. The number of hydrogen-bond donors (Lipinski definition) is 2. The SMILES string of the molecule is Cc1cc(F)ccc1NC(=O)CCc1c(C)nc2nc(CN)nn2c1C.Cl. The molecule has 9 heteroatoms. The van der Waals surface area contributed by atoms with Gasteiger partial charge in [0.25, 0.3) is 5.78 Å². The Labute approximate surface area is 162 Å². The third kappa shape index (κ3) is 4.40. The van der Waals surface area contributed by atoms with Crippen molar-refractivity contribution in [2.24, 2.45) is 5.73 Å². The van der Waals surface area contributed by atoms with Gasteiger partial charge in [-0.2, -0.15) is 4.98 Å². The summed E-state index contributed by atoms with van der Waals surface area (Å²) in [5.74, 6) is 0.577. The average molecular weight is 393 g/mol. The molecule has 0 aliphatic rings. The average Bonchev–Trinajstić information content (AvgIpc) is 3.00.